The summed E-state index contributed by atoms with van der Waals surface area (Å²) < 4.78 is 63.4. The molecule has 0 atom stereocenters. The first-order chi connectivity index (χ1) is 18.5. The summed E-state index contributed by atoms with van der Waals surface area (Å²) in [6.07, 6.45) is 2.20. The van der Waals surface area contributed by atoms with Crippen LogP contribution in [0.2, 0.25) is 5.02 Å². The van der Waals surface area contributed by atoms with Gasteiger partial charge in [0.25, 0.3) is 0 Å². The minimum Gasteiger partial charge on any atom is -0.495 e. The Labute approximate surface area is 231 Å². The fourth-order valence-corrected chi connectivity index (χ4v) is 5.05. The summed E-state index contributed by atoms with van der Waals surface area (Å²) in [5.74, 6) is 1.01. The van der Waals surface area contributed by atoms with Gasteiger partial charge in [-0.3, -0.25) is 4.90 Å². The van der Waals surface area contributed by atoms with Gasteiger partial charge in [-0.15, -0.1) is 0 Å². The van der Waals surface area contributed by atoms with Gasteiger partial charge < -0.3 is 24.1 Å². The third-order valence-corrected chi connectivity index (χ3v) is 6.92. The summed E-state index contributed by atoms with van der Waals surface area (Å²) in [4.78, 5) is 10.8. The van der Waals surface area contributed by atoms with E-state index in [4.69, 9.17) is 20.9 Å². The molecule has 2 N–H and O–H groups in total. The molecule has 210 valence electrons. The number of methoxy groups -OCH3 is 1. The molecule has 0 saturated carbocycles. The van der Waals surface area contributed by atoms with E-state index in [1.165, 1.54) is 24.4 Å². The number of alkyl halides is 1. The number of halogens is 3. The molecule has 0 fully saturated rings. The molecule has 0 saturated heterocycles. The van der Waals surface area contributed by atoms with Gasteiger partial charge in [0.2, 0.25) is 5.95 Å². The smallest absolute Gasteiger partial charge is 0.488 e. The van der Waals surface area contributed by atoms with E-state index < -0.39 is 25.3 Å². The van der Waals surface area contributed by atoms with Crippen molar-refractivity contribution in [3.8, 4) is 17.2 Å². The summed E-state index contributed by atoms with van der Waals surface area (Å²) in [6.45, 7) is 5.05. The number of nitrogens with one attached hydrogen (secondary N) is 2. The van der Waals surface area contributed by atoms with Crippen molar-refractivity contribution in [3.63, 3.8) is 0 Å². The monoisotopic (exact) mass is 601 g/mol. The normalized spacial score (nSPS) is 13.6. The summed E-state index contributed by atoms with van der Waals surface area (Å²) in [7, 11) is -4.57. The van der Waals surface area contributed by atoms with Crippen LogP contribution in [0, 0.1) is 0 Å². The molecule has 0 spiro atoms. The lowest BCUT2D eigenvalue weighted by molar-refractivity contribution is 0.231. The number of hydrogen-bond donors (Lipinski definition) is 2. The molecule has 0 bridgehead atoms. The minimum atomic E-state index is -5.20. The first kappa shape index (κ1) is 29.0. The zero-order valence-corrected chi connectivity index (χ0v) is 23.8. The van der Waals surface area contributed by atoms with E-state index in [1.807, 2.05) is 25.5 Å². The molecule has 0 amide bonds. The van der Waals surface area contributed by atoms with Gasteiger partial charge in [-0.1, -0.05) is 15.5 Å². The van der Waals surface area contributed by atoms with Crippen LogP contribution in [0.4, 0.5) is 31.4 Å². The van der Waals surface area contributed by atoms with Gasteiger partial charge in [0, 0.05) is 25.7 Å². The molecule has 0 unspecified atom stereocenters. The third-order valence-electron chi connectivity index (χ3n) is 5.69. The van der Waals surface area contributed by atoms with Crippen molar-refractivity contribution in [2.24, 2.45) is 0 Å². The molecule has 4 rings (SSSR count). The molecule has 1 aromatic heterocycles. The predicted molar refractivity (Wildman–Crippen MR) is 148 cm³/mol. The zero-order valence-electron chi connectivity index (χ0n) is 21.4. The molecule has 1 aliphatic heterocycles. The Morgan fingerprint density at radius 3 is 2.62 bits per heavy atom. The van der Waals surface area contributed by atoms with Crippen LogP contribution >= 0.6 is 19.7 Å². The quantitative estimate of drug-likeness (QED) is 0.213. The standard InChI is InChI=1S/C24H27ClF2N5O5PS/c1-35-21-11-15-6-8-32(9-7-26)14-16(15)10-20(21)30-24-28-13-18(25)23(31-24)29-19-5-4-17(37-39(27,33)34)12-22(19)36-38(2)3/h4-5,10-13H,6-9,14H2,1-3H3,(H2,28,29,30,31). The van der Waals surface area contributed by atoms with Crippen LogP contribution in [0.3, 0.4) is 0 Å². The van der Waals surface area contributed by atoms with Crippen LogP contribution in [0.15, 0.2) is 36.5 Å². The number of rotatable bonds is 11. The SMILES string of the molecule is COc1cc2c(cc1Nc1ncc(Cl)c(Nc3ccc(OS(=O)(=O)F)cc3OP(C)C)n1)CN(CCF)CC2. The highest BCUT2D eigenvalue weighted by molar-refractivity contribution is 7.81. The molecule has 0 aliphatic carbocycles. The maximum Gasteiger partial charge on any atom is 0.488 e. The second-order valence-corrected chi connectivity index (χ2v) is 11.9. The second kappa shape index (κ2) is 12.5. The van der Waals surface area contributed by atoms with Crippen molar-refractivity contribution in [1.82, 2.24) is 14.9 Å². The Kier molecular flexibility index (Phi) is 9.27. The Morgan fingerprint density at radius 2 is 1.92 bits per heavy atom. The number of nitrogens with zero attached hydrogens (tertiary/aromatic N) is 3. The van der Waals surface area contributed by atoms with Crippen molar-refractivity contribution in [2.75, 3.05) is 50.8 Å². The molecule has 1 aliphatic rings. The van der Waals surface area contributed by atoms with Gasteiger partial charge in [0.15, 0.2) is 5.82 Å². The van der Waals surface area contributed by atoms with Crippen LogP contribution < -0.4 is 24.1 Å². The highest BCUT2D eigenvalue weighted by Gasteiger charge is 2.20. The van der Waals surface area contributed by atoms with E-state index >= 15 is 0 Å². The lowest BCUT2D eigenvalue weighted by atomic mass is 9.98. The highest BCUT2D eigenvalue weighted by Crippen LogP contribution is 2.40. The van der Waals surface area contributed by atoms with Crippen LogP contribution in [-0.2, 0) is 23.5 Å². The number of ether oxygens (including phenoxy) is 1. The highest BCUT2D eigenvalue weighted by atomic mass is 35.5. The summed E-state index contributed by atoms with van der Waals surface area (Å²) >= 11 is 6.36. The van der Waals surface area contributed by atoms with Crippen molar-refractivity contribution in [3.05, 3.63) is 52.7 Å². The summed E-state index contributed by atoms with van der Waals surface area (Å²) in [5.41, 5.74) is 3.22. The second-order valence-electron chi connectivity index (χ2n) is 8.71. The molecule has 3 aromatic rings. The molecular formula is C24H27ClF2N5O5PS. The first-order valence-electron chi connectivity index (χ1n) is 11.7. The van der Waals surface area contributed by atoms with Crippen molar-refractivity contribution < 1.29 is 30.1 Å². The summed E-state index contributed by atoms with van der Waals surface area (Å²) in [5, 5.41) is 6.41. The predicted octanol–water partition coefficient (Wildman–Crippen LogP) is 5.58. The maximum atomic E-state index is 13.0. The van der Waals surface area contributed by atoms with Gasteiger partial charge in [0.05, 0.1) is 32.8 Å². The van der Waals surface area contributed by atoms with E-state index in [9.17, 15) is 16.7 Å². The van der Waals surface area contributed by atoms with Crippen LogP contribution in [0.1, 0.15) is 11.1 Å². The molecular weight excluding hydrogens is 575 g/mol. The van der Waals surface area contributed by atoms with Gasteiger partial charge in [0.1, 0.15) is 28.9 Å². The Morgan fingerprint density at radius 1 is 1.13 bits per heavy atom. The van der Waals surface area contributed by atoms with Gasteiger partial charge >= 0.3 is 10.5 Å². The topological polar surface area (TPSA) is 115 Å². The van der Waals surface area contributed by atoms with E-state index in [2.05, 4.69) is 29.7 Å². The fraction of sp³-hybridized carbons (Fsp3) is 0.333. The van der Waals surface area contributed by atoms with E-state index in [0.29, 0.717) is 30.2 Å². The Balaban J connectivity index is 1.61. The number of anilines is 4. The third kappa shape index (κ3) is 7.78. The van der Waals surface area contributed by atoms with Crippen LogP contribution in [0.25, 0.3) is 0 Å². The zero-order chi connectivity index (χ0) is 28.2. The Bertz CT molecular complexity index is 1450. The number of benzene rings is 2. The molecule has 2 heterocycles. The number of fused-ring (bicyclic) bond motifs is 1. The van der Waals surface area contributed by atoms with Crippen LogP contribution in [0.5, 0.6) is 17.2 Å². The van der Waals surface area contributed by atoms with Crippen LogP contribution in [-0.4, -0.2) is 63.5 Å². The largest absolute Gasteiger partial charge is 0.495 e. The molecule has 2 aromatic carbocycles. The Hall–Kier alpha value is -2.99. The summed E-state index contributed by atoms with van der Waals surface area (Å²) in [6, 6.07) is 7.87. The average molecular weight is 602 g/mol. The van der Waals surface area contributed by atoms with Crippen molar-refractivity contribution >= 4 is 53.4 Å². The maximum absolute atomic E-state index is 13.0. The first-order valence-corrected chi connectivity index (χ1v) is 15.6. The number of aromatic nitrogens is 2. The molecule has 15 heteroatoms. The average Bonchev–Trinajstić information content (AvgIpc) is 2.86. The minimum absolute atomic E-state index is 0.202. The number of hydrogen-bond acceptors (Lipinski definition) is 10. The van der Waals surface area contributed by atoms with Crippen molar-refractivity contribution in [1.29, 1.82) is 0 Å². The van der Waals surface area contributed by atoms with Gasteiger partial charge in [-0.05, 0) is 55.1 Å². The van der Waals surface area contributed by atoms with Gasteiger partial charge in [-0.2, -0.15) is 13.4 Å². The molecule has 10 nitrogen and oxygen atoms in total. The molecule has 0 radical (unpaired) electrons. The van der Waals surface area contributed by atoms with E-state index in [0.717, 1.165) is 24.1 Å². The lowest BCUT2D eigenvalue weighted by Gasteiger charge is -2.28. The lowest BCUT2D eigenvalue weighted by Crippen LogP contribution is -2.32. The van der Waals surface area contributed by atoms with Gasteiger partial charge in [-0.25, -0.2) is 9.37 Å². The fourth-order valence-electron chi connectivity index (χ4n) is 4.03. The van der Waals surface area contributed by atoms with E-state index in [1.54, 1.807) is 7.11 Å². The van der Waals surface area contributed by atoms with Crippen molar-refractivity contribution in [2.45, 2.75) is 13.0 Å². The van der Waals surface area contributed by atoms with E-state index in [-0.39, 0.29) is 28.3 Å². The molecule has 39 heavy (non-hydrogen) atoms.